The van der Waals surface area contributed by atoms with Crippen molar-refractivity contribution in [1.29, 1.82) is 0 Å². The van der Waals surface area contributed by atoms with Gasteiger partial charge < -0.3 is 16.0 Å². The summed E-state index contributed by atoms with van der Waals surface area (Å²) in [5.74, 6) is -0.510. The van der Waals surface area contributed by atoms with Gasteiger partial charge in [0.2, 0.25) is 11.8 Å². The molecule has 104 valence electrons. The van der Waals surface area contributed by atoms with E-state index in [1.54, 1.807) is 14.0 Å². The van der Waals surface area contributed by atoms with Crippen LogP contribution in [0.3, 0.4) is 0 Å². The summed E-state index contributed by atoms with van der Waals surface area (Å²) in [7, 11) is 1.56. The molecule has 0 radical (unpaired) electrons. The minimum absolute atomic E-state index is 0.0180. The summed E-state index contributed by atoms with van der Waals surface area (Å²) in [5, 5.41) is 2.77. The van der Waals surface area contributed by atoms with E-state index in [1.807, 2.05) is 25.1 Å². The molecule has 0 aliphatic heterocycles. The lowest BCUT2D eigenvalue weighted by Gasteiger charge is -2.19. The monoisotopic (exact) mass is 327 g/mol. The molecule has 6 heteroatoms. The van der Waals surface area contributed by atoms with Gasteiger partial charge in [0.05, 0.1) is 12.6 Å². The highest BCUT2D eigenvalue weighted by atomic mass is 79.9. The number of hydrogen-bond donors (Lipinski definition) is 2. The third kappa shape index (κ3) is 4.65. The molecule has 0 aromatic heterocycles. The third-order valence-electron chi connectivity index (χ3n) is 2.61. The molecule has 3 N–H and O–H groups in total. The van der Waals surface area contributed by atoms with Crippen LogP contribution in [-0.4, -0.2) is 36.3 Å². The van der Waals surface area contributed by atoms with Crippen molar-refractivity contribution in [2.75, 3.05) is 18.9 Å². The van der Waals surface area contributed by atoms with Gasteiger partial charge in [-0.3, -0.25) is 9.59 Å². The summed E-state index contributed by atoms with van der Waals surface area (Å²) in [5.41, 5.74) is 7.16. The molecule has 0 spiro atoms. The highest BCUT2D eigenvalue weighted by Crippen LogP contribution is 2.19. The quantitative estimate of drug-likeness (QED) is 0.880. The number of halogens is 1. The number of anilines is 1. The summed E-state index contributed by atoms with van der Waals surface area (Å²) < 4.78 is 0.951. The largest absolute Gasteiger partial charge is 0.335 e. The minimum Gasteiger partial charge on any atom is -0.335 e. The molecule has 1 aromatic carbocycles. The molecular formula is C13H18BrN3O2. The van der Waals surface area contributed by atoms with Crippen LogP contribution >= 0.6 is 15.9 Å². The lowest BCUT2D eigenvalue weighted by atomic mass is 10.2. The van der Waals surface area contributed by atoms with E-state index in [0.717, 1.165) is 15.7 Å². The fraction of sp³-hybridized carbons (Fsp3) is 0.385. The van der Waals surface area contributed by atoms with E-state index in [4.69, 9.17) is 5.73 Å². The first-order valence-electron chi connectivity index (χ1n) is 5.88. The summed E-state index contributed by atoms with van der Waals surface area (Å²) in [6.45, 7) is 3.47. The number of benzene rings is 1. The van der Waals surface area contributed by atoms with Crippen molar-refractivity contribution in [3.63, 3.8) is 0 Å². The van der Waals surface area contributed by atoms with Crippen molar-refractivity contribution in [2.24, 2.45) is 5.73 Å². The van der Waals surface area contributed by atoms with Crippen LogP contribution in [0.2, 0.25) is 0 Å². The standard InChI is InChI=1S/C13H18BrN3O2/c1-8-6-10(14)4-5-11(8)16-12(18)7-17(3)13(19)9(2)15/h4-6,9H,7,15H2,1-3H3,(H,16,18). The van der Waals surface area contributed by atoms with E-state index in [9.17, 15) is 9.59 Å². The number of amides is 2. The number of nitrogens with one attached hydrogen (secondary N) is 1. The van der Waals surface area contributed by atoms with Crippen molar-refractivity contribution in [3.8, 4) is 0 Å². The number of carbonyl (C=O) groups excluding carboxylic acids is 2. The van der Waals surface area contributed by atoms with E-state index < -0.39 is 6.04 Å². The van der Waals surface area contributed by atoms with E-state index in [2.05, 4.69) is 21.2 Å². The number of carbonyl (C=O) groups is 2. The number of likely N-dealkylation sites (N-methyl/N-ethyl adjacent to an activating group) is 1. The number of hydrogen-bond acceptors (Lipinski definition) is 3. The Morgan fingerprint density at radius 1 is 1.47 bits per heavy atom. The van der Waals surface area contributed by atoms with Crippen LogP contribution in [-0.2, 0) is 9.59 Å². The van der Waals surface area contributed by atoms with Crippen molar-refractivity contribution >= 4 is 33.4 Å². The van der Waals surface area contributed by atoms with Crippen LogP contribution in [0.25, 0.3) is 0 Å². The Bertz CT molecular complexity index is 489. The Balaban J connectivity index is 2.63. The van der Waals surface area contributed by atoms with Crippen molar-refractivity contribution in [1.82, 2.24) is 4.90 Å². The summed E-state index contributed by atoms with van der Waals surface area (Å²) in [6.07, 6.45) is 0. The maximum Gasteiger partial charge on any atom is 0.243 e. The summed E-state index contributed by atoms with van der Waals surface area (Å²) in [6, 6.07) is 4.96. The SMILES string of the molecule is Cc1cc(Br)ccc1NC(=O)CN(C)C(=O)C(C)N. The number of rotatable bonds is 4. The average Bonchev–Trinajstić information content (AvgIpc) is 2.31. The molecule has 0 bridgehead atoms. The van der Waals surface area contributed by atoms with Crippen molar-refractivity contribution < 1.29 is 9.59 Å². The normalized spacial score (nSPS) is 11.8. The molecule has 19 heavy (non-hydrogen) atoms. The van der Waals surface area contributed by atoms with E-state index in [-0.39, 0.29) is 18.4 Å². The zero-order chi connectivity index (χ0) is 14.6. The Kier molecular flexibility index (Phi) is 5.50. The van der Waals surface area contributed by atoms with Gasteiger partial charge >= 0.3 is 0 Å². The molecule has 2 amide bonds. The molecule has 1 aromatic rings. The van der Waals surface area contributed by atoms with Crippen LogP contribution < -0.4 is 11.1 Å². The van der Waals surface area contributed by atoms with Crippen LogP contribution in [0.5, 0.6) is 0 Å². The van der Waals surface area contributed by atoms with Gasteiger partial charge in [0.25, 0.3) is 0 Å². The Labute approximate surface area is 121 Å². The third-order valence-corrected chi connectivity index (χ3v) is 3.10. The van der Waals surface area contributed by atoms with Crippen molar-refractivity contribution in [3.05, 3.63) is 28.2 Å². The van der Waals surface area contributed by atoms with E-state index in [1.165, 1.54) is 4.90 Å². The summed E-state index contributed by atoms with van der Waals surface area (Å²) >= 11 is 3.36. The molecule has 0 aliphatic rings. The smallest absolute Gasteiger partial charge is 0.243 e. The molecule has 1 atom stereocenters. The fourth-order valence-corrected chi connectivity index (χ4v) is 2.07. The number of nitrogens with zero attached hydrogens (tertiary/aromatic N) is 1. The zero-order valence-electron chi connectivity index (χ0n) is 11.2. The predicted octanol–water partition coefficient (Wildman–Crippen LogP) is 1.50. The van der Waals surface area contributed by atoms with Gasteiger partial charge in [0.15, 0.2) is 0 Å². The van der Waals surface area contributed by atoms with Gasteiger partial charge in [-0.15, -0.1) is 0 Å². The highest BCUT2D eigenvalue weighted by Gasteiger charge is 2.16. The first-order valence-corrected chi connectivity index (χ1v) is 6.67. The van der Waals surface area contributed by atoms with Gasteiger partial charge in [-0.2, -0.15) is 0 Å². The molecule has 0 saturated heterocycles. The maximum atomic E-state index is 11.8. The Hall–Kier alpha value is -1.40. The number of aryl methyl sites for hydroxylation is 1. The molecule has 0 aliphatic carbocycles. The van der Waals surface area contributed by atoms with E-state index >= 15 is 0 Å². The predicted molar refractivity (Wildman–Crippen MR) is 78.8 cm³/mol. The first-order chi connectivity index (χ1) is 8.81. The van der Waals surface area contributed by atoms with E-state index in [0.29, 0.717) is 0 Å². The first kappa shape index (κ1) is 15.7. The van der Waals surface area contributed by atoms with Crippen LogP contribution in [0.15, 0.2) is 22.7 Å². The molecule has 0 heterocycles. The highest BCUT2D eigenvalue weighted by molar-refractivity contribution is 9.10. The number of nitrogens with two attached hydrogens (primary N) is 1. The Morgan fingerprint density at radius 3 is 2.63 bits per heavy atom. The van der Waals surface area contributed by atoms with Gasteiger partial charge in [0, 0.05) is 17.2 Å². The molecule has 0 fully saturated rings. The fourth-order valence-electron chi connectivity index (χ4n) is 1.60. The molecule has 0 saturated carbocycles. The summed E-state index contributed by atoms with van der Waals surface area (Å²) in [4.78, 5) is 24.7. The molecule has 5 nitrogen and oxygen atoms in total. The minimum atomic E-state index is -0.604. The molecule has 1 rings (SSSR count). The molecule has 1 unspecified atom stereocenters. The van der Waals surface area contributed by atoms with Crippen molar-refractivity contribution in [2.45, 2.75) is 19.9 Å². The molecular weight excluding hydrogens is 310 g/mol. The topological polar surface area (TPSA) is 75.4 Å². The van der Waals surface area contributed by atoms with Crippen LogP contribution in [0, 0.1) is 6.92 Å². The average molecular weight is 328 g/mol. The second kappa shape index (κ2) is 6.68. The Morgan fingerprint density at radius 2 is 2.11 bits per heavy atom. The van der Waals surface area contributed by atoms with Gasteiger partial charge in [-0.1, -0.05) is 15.9 Å². The second-order valence-electron chi connectivity index (χ2n) is 4.49. The second-order valence-corrected chi connectivity index (χ2v) is 5.41. The lowest BCUT2D eigenvalue weighted by Crippen LogP contribution is -2.43. The van der Waals surface area contributed by atoms with Gasteiger partial charge in [0.1, 0.15) is 0 Å². The van der Waals surface area contributed by atoms with Crippen LogP contribution in [0.4, 0.5) is 5.69 Å². The maximum absolute atomic E-state index is 11.8. The lowest BCUT2D eigenvalue weighted by molar-refractivity contribution is -0.134. The van der Waals surface area contributed by atoms with Gasteiger partial charge in [-0.05, 0) is 37.6 Å². The van der Waals surface area contributed by atoms with Gasteiger partial charge in [-0.25, -0.2) is 0 Å². The zero-order valence-corrected chi connectivity index (χ0v) is 12.8. The van der Waals surface area contributed by atoms with Crippen LogP contribution in [0.1, 0.15) is 12.5 Å².